The SMILES string of the molecule is O=C(OCC1c2ccccc2-c2ccccc21)N1C2C=C(c3cccc(F)c3C(F)(F)F)CC1CCC2. The molecule has 2 heterocycles. The average molecular weight is 508 g/mol. The van der Waals surface area contributed by atoms with Crippen molar-refractivity contribution in [3.63, 3.8) is 0 Å². The molecule has 0 spiro atoms. The topological polar surface area (TPSA) is 29.5 Å². The number of hydrogen-bond donors (Lipinski definition) is 0. The summed E-state index contributed by atoms with van der Waals surface area (Å²) in [5.74, 6) is -1.36. The summed E-state index contributed by atoms with van der Waals surface area (Å²) in [7, 11) is 0. The number of alkyl halides is 3. The molecular formula is C30H25F4NO2. The van der Waals surface area contributed by atoms with Crippen LogP contribution in [0, 0.1) is 5.82 Å². The number of halogens is 4. The van der Waals surface area contributed by atoms with Crippen LogP contribution >= 0.6 is 0 Å². The van der Waals surface area contributed by atoms with Gasteiger partial charge in [-0.15, -0.1) is 0 Å². The number of carbonyl (C=O) groups excluding carboxylic acids is 1. The third-order valence-corrected chi connectivity index (χ3v) is 7.83. The number of hydrogen-bond acceptors (Lipinski definition) is 2. The fourth-order valence-corrected chi connectivity index (χ4v) is 6.26. The molecule has 0 aromatic heterocycles. The molecule has 3 aliphatic rings. The standard InChI is InChI=1S/C30H25F4NO2/c31-27-14-6-13-21(28(27)30(32,33)34)18-15-19-7-5-8-20(16-18)35(19)29(36)37-17-26-24-11-3-1-9-22(24)23-10-2-4-12-25(23)26/h1-4,6,9-15,19-20,26H,5,7-8,16-17H2. The zero-order valence-electron chi connectivity index (χ0n) is 20.0. The van der Waals surface area contributed by atoms with Gasteiger partial charge in [0.1, 0.15) is 12.4 Å². The summed E-state index contributed by atoms with van der Waals surface area (Å²) >= 11 is 0. The lowest BCUT2D eigenvalue weighted by Crippen LogP contribution is -2.52. The van der Waals surface area contributed by atoms with Crippen LogP contribution in [-0.2, 0) is 10.9 Å². The Morgan fingerprint density at radius 2 is 1.54 bits per heavy atom. The molecular weight excluding hydrogens is 482 g/mol. The first-order valence-corrected chi connectivity index (χ1v) is 12.5. The molecule has 3 nitrogen and oxygen atoms in total. The van der Waals surface area contributed by atoms with Gasteiger partial charge in [-0.3, -0.25) is 4.90 Å². The molecule has 3 aromatic rings. The zero-order chi connectivity index (χ0) is 25.7. The summed E-state index contributed by atoms with van der Waals surface area (Å²) in [6, 6.07) is 18.9. The lowest BCUT2D eigenvalue weighted by atomic mass is 9.82. The number of carbonyl (C=O) groups is 1. The second kappa shape index (κ2) is 9.05. The van der Waals surface area contributed by atoms with E-state index in [0.717, 1.165) is 34.7 Å². The van der Waals surface area contributed by atoms with Gasteiger partial charge in [-0.1, -0.05) is 66.7 Å². The molecule has 37 heavy (non-hydrogen) atoms. The van der Waals surface area contributed by atoms with Crippen LogP contribution in [-0.4, -0.2) is 29.7 Å². The largest absolute Gasteiger partial charge is 0.448 e. The molecule has 2 aliphatic heterocycles. The Hall–Kier alpha value is -3.61. The second-order valence-corrected chi connectivity index (χ2v) is 9.92. The summed E-state index contributed by atoms with van der Waals surface area (Å²) in [6.07, 6.45) is -1.19. The highest BCUT2D eigenvalue weighted by atomic mass is 19.4. The number of nitrogens with zero attached hydrogens (tertiary/aromatic N) is 1. The minimum Gasteiger partial charge on any atom is -0.448 e. The summed E-state index contributed by atoms with van der Waals surface area (Å²) in [6.45, 7) is 0.182. The molecule has 0 N–H and O–H groups in total. The highest BCUT2D eigenvalue weighted by Gasteiger charge is 2.42. The van der Waals surface area contributed by atoms with Gasteiger partial charge in [0.25, 0.3) is 0 Å². The van der Waals surface area contributed by atoms with Crippen molar-refractivity contribution in [2.24, 2.45) is 0 Å². The van der Waals surface area contributed by atoms with Crippen LogP contribution < -0.4 is 0 Å². The van der Waals surface area contributed by atoms with Crippen molar-refractivity contribution in [1.82, 2.24) is 4.90 Å². The third kappa shape index (κ3) is 4.10. The molecule has 2 atom stereocenters. The number of benzene rings is 3. The van der Waals surface area contributed by atoms with Crippen LogP contribution in [0.5, 0.6) is 0 Å². The Morgan fingerprint density at radius 1 is 0.892 bits per heavy atom. The maximum absolute atomic E-state index is 14.2. The highest BCUT2D eigenvalue weighted by Crippen LogP contribution is 2.46. The maximum atomic E-state index is 14.2. The highest BCUT2D eigenvalue weighted by molar-refractivity contribution is 5.79. The van der Waals surface area contributed by atoms with Gasteiger partial charge in [-0.05, 0) is 65.1 Å². The van der Waals surface area contributed by atoms with Gasteiger partial charge in [-0.25, -0.2) is 9.18 Å². The van der Waals surface area contributed by atoms with E-state index in [4.69, 9.17) is 4.74 Å². The minimum atomic E-state index is -4.81. The summed E-state index contributed by atoms with van der Waals surface area (Å²) in [4.78, 5) is 15.0. The van der Waals surface area contributed by atoms with Crippen molar-refractivity contribution in [3.8, 4) is 11.1 Å². The lowest BCUT2D eigenvalue weighted by Gasteiger charge is -2.44. The van der Waals surface area contributed by atoms with Gasteiger partial charge in [0, 0.05) is 12.0 Å². The Balaban J connectivity index is 1.25. The first kappa shape index (κ1) is 23.8. The number of fused-ring (bicyclic) bond motifs is 5. The van der Waals surface area contributed by atoms with E-state index in [2.05, 4.69) is 24.3 Å². The van der Waals surface area contributed by atoms with Crippen LogP contribution in [0.25, 0.3) is 16.7 Å². The maximum Gasteiger partial charge on any atom is 0.419 e. The van der Waals surface area contributed by atoms with Gasteiger partial charge in [0.05, 0.1) is 11.6 Å². The molecule has 2 unspecified atom stereocenters. The monoisotopic (exact) mass is 507 g/mol. The molecule has 190 valence electrons. The summed E-state index contributed by atoms with van der Waals surface area (Å²) in [5.41, 5.74) is 3.55. The van der Waals surface area contributed by atoms with Crippen molar-refractivity contribution in [2.75, 3.05) is 6.61 Å². The van der Waals surface area contributed by atoms with E-state index >= 15 is 0 Å². The Morgan fingerprint density at radius 3 is 2.19 bits per heavy atom. The molecule has 3 aromatic carbocycles. The van der Waals surface area contributed by atoms with Crippen molar-refractivity contribution < 1.29 is 27.1 Å². The first-order valence-electron chi connectivity index (χ1n) is 12.5. The van der Waals surface area contributed by atoms with Gasteiger partial charge < -0.3 is 4.74 Å². The molecule has 1 amide bonds. The fraction of sp³-hybridized carbons (Fsp3) is 0.300. The van der Waals surface area contributed by atoms with Crippen LogP contribution in [0.1, 0.15) is 53.9 Å². The quantitative estimate of drug-likeness (QED) is 0.339. The van der Waals surface area contributed by atoms with Crippen LogP contribution in [0.2, 0.25) is 0 Å². The van der Waals surface area contributed by atoms with Crippen LogP contribution in [0.4, 0.5) is 22.4 Å². The summed E-state index contributed by atoms with van der Waals surface area (Å²) in [5, 5.41) is 0. The Kier molecular flexibility index (Phi) is 5.81. The minimum absolute atomic E-state index is 0.0753. The van der Waals surface area contributed by atoms with Gasteiger partial charge in [0.2, 0.25) is 0 Å². The number of ether oxygens (including phenoxy) is 1. The lowest BCUT2D eigenvalue weighted by molar-refractivity contribution is -0.140. The fourth-order valence-electron chi connectivity index (χ4n) is 6.26. The predicted molar refractivity (Wildman–Crippen MR) is 132 cm³/mol. The summed E-state index contributed by atoms with van der Waals surface area (Å²) < 4.78 is 61.1. The van der Waals surface area contributed by atoms with Gasteiger partial charge in [-0.2, -0.15) is 13.2 Å². The van der Waals surface area contributed by atoms with Crippen molar-refractivity contribution in [2.45, 2.75) is 49.9 Å². The number of amides is 1. The Bertz CT molecular complexity index is 1350. The molecule has 6 rings (SSSR count). The molecule has 2 bridgehead atoms. The third-order valence-electron chi connectivity index (χ3n) is 7.83. The molecule has 0 radical (unpaired) electrons. The van der Waals surface area contributed by atoms with Gasteiger partial charge in [0.15, 0.2) is 0 Å². The Labute approximate surface area is 212 Å². The first-order chi connectivity index (χ1) is 17.8. The van der Waals surface area contributed by atoms with Gasteiger partial charge >= 0.3 is 12.3 Å². The van der Waals surface area contributed by atoms with Crippen molar-refractivity contribution >= 4 is 11.7 Å². The molecule has 0 saturated carbocycles. The van der Waals surface area contributed by atoms with E-state index in [1.165, 1.54) is 12.1 Å². The van der Waals surface area contributed by atoms with E-state index in [1.807, 2.05) is 24.3 Å². The average Bonchev–Trinajstić information content (AvgIpc) is 3.19. The zero-order valence-corrected chi connectivity index (χ0v) is 20.0. The van der Waals surface area contributed by atoms with Crippen LogP contribution in [0.3, 0.4) is 0 Å². The number of piperidine rings is 1. The van der Waals surface area contributed by atoms with E-state index in [9.17, 15) is 22.4 Å². The molecule has 1 saturated heterocycles. The van der Waals surface area contributed by atoms with E-state index in [1.54, 1.807) is 11.0 Å². The predicted octanol–water partition coefficient (Wildman–Crippen LogP) is 7.80. The molecule has 1 fully saturated rings. The van der Waals surface area contributed by atoms with Crippen LogP contribution in [0.15, 0.2) is 72.8 Å². The number of rotatable bonds is 3. The molecule has 1 aliphatic carbocycles. The van der Waals surface area contributed by atoms with Crippen molar-refractivity contribution in [1.29, 1.82) is 0 Å². The van der Waals surface area contributed by atoms with Crippen molar-refractivity contribution in [3.05, 3.63) is 101 Å². The normalized spacial score (nSPS) is 20.8. The molecule has 7 heteroatoms. The second-order valence-electron chi connectivity index (χ2n) is 9.92. The van der Waals surface area contributed by atoms with E-state index in [0.29, 0.717) is 18.4 Å². The van der Waals surface area contributed by atoms with E-state index < -0.39 is 23.7 Å². The van der Waals surface area contributed by atoms with E-state index in [-0.39, 0.29) is 36.6 Å². The smallest absolute Gasteiger partial charge is 0.419 e.